The smallest absolute Gasteiger partial charge is 0.276 e. The van der Waals surface area contributed by atoms with Crippen molar-refractivity contribution in [3.63, 3.8) is 0 Å². The zero-order valence-corrected chi connectivity index (χ0v) is 11.4. The third-order valence-electron chi connectivity index (χ3n) is 2.84. The predicted molar refractivity (Wildman–Crippen MR) is 70.3 cm³/mol. The number of carbonyl (C=O) groups is 1. The second-order valence-corrected chi connectivity index (χ2v) is 4.87. The maximum atomic E-state index is 12.3. The van der Waals surface area contributed by atoms with E-state index in [-0.39, 0.29) is 36.7 Å². The molecule has 0 fully saturated rings. The van der Waals surface area contributed by atoms with E-state index < -0.39 is 0 Å². The number of H-pyrrole nitrogens is 1. The van der Waals surface area contributed by atoms with Gasteiger partial charge in [-0.05, 0) is 19.8 Å². The van der Waals surface area contributed by atoms with Gasteiger partial charge in [-0.15, -0.1) is 0 Å². The van der Waals surface area contributed by atoms with Gasteiger partial charge in [-0.25, -0.2) is 0 Å². The molecule has 6 heteroatoms. The monoisotopic (exact) mass is 254 g/mol. The van der Waals surface area contributed by atoms with E-state index in [2.05, 4.69) is 10.2 Å². The summed E-state index contributed by atoms with van der Waals surface area (Å²) in [5, 5.41) is 15.8. The topological polar surface area (TPSA) is 95.2 Å². The lowest BCUT2D eigenvalue weighted by atomic mass is 10.1. The average molecular weight is 254 g/mol. The van der Waals surface area contributed by atoms with E-state index in [9.17, 15) is 4.79 Å². The first kappa shape index (κ1) is 14.5. The van der Waals surface area contributed by atoms with Gasteiger partial charge < -0.3 is 15.7 Å². The van der Waals surface area contributed by atoms with E-state index in [4.69, 9.17) is 10.8 Å². The molecule has 0 spiro atoms. The molecule has 1 aromatic heterocycles. The standard InChI is InChI=1S/C12H22N4O2/c1-7(2)10-9(13)11(15-14-10)12(18)16(5-6-17)8(3)4/h7-8,17H,5-6,13H2,1-4H3,(H,14,15). The molecule has 1 aromatic rings. The fourth-order valence-electron chi connectivity index (χ4n) is 1.81. The van der Waals surface area contributed by atoms with Crippen molar-refractivity contribution >= 4 is 11.6 Å². The van der Waals surface area contributed by atoms with E-state index in [0.29, 0.717) is 5.69 Å². The molecule has 4 N–H and O–H groups in total. The van der Waals surface area contributed by atoms with E-state index >= 15 is 0 Å². The van der Waals surface area contributed by atoms with Gasteiger partial charge in [0.25, 0.3) is 5.91 Å². The number of nitrogen functional groups attached to an aromatic ring is 1. The number of rotatable bonds is 5. The van der Waals surface area contributed by atoms with Crippen LogP contribution in [-0.4, -0.2) is 45.3 Å². The minimum absolute atomic E-state index is 0.0109. The number of anilines is 1. The van der Waals surface area contributed by atoms with Crippen molar-refractivity contribution in [1.82, 2.24) is 15.1 Å². The molecule has 0 aliphatic carbocycles. The summed E-state index contributed by atoms with van der Waals surface area (Å²) in [7, 11) is 0. The molecule has 102 valence electrons. The van der Waals surface area contributed by atoms with E-state index in [1.54, 1.807) is 4.90 Å². The van der Waals surface area contributed by atoms with Gasteiger partial charge in [0, 0.05) is 12.6 Å². The Hall–Kier alpha value is -1.56. The Kier molecular flexibility index (Phi) is 4.72. The van der Waals surface area contributed by atoms with Crippen LogP contribution in [0.4, 0.5) is 5.69 Å². The minimum Gasteiger partial charge on any atom is -0.395 e. The largest absolute Gasteiger partial charge is 0.395 e. The van der Waals surface area contributed by atoms with Gasteiger partial charge in [0.05, 0.1) is 18.0 Å². The van der Waals surface area contributed by atoms with Crippen molar-refractivity contribution in [2.45, 2.75) is 39.7 Å². The molecule has 0 atom stereocenters. The summed E-state index contributed by atoms with van der Waals surface area (Å²) < 4.78 is 0. The highest BCUT2D eigenvalue weighted by Gasteiger charge is 2.25. The van der Waals surface area contributed by atoms with E-state index in [1.165, 1.54) is 0 Å². The molecule has 1 rings (SSSR count). The van der Waals surface area contributed by atoms with Crippen molar-refractivity contribution in [3.8, 4) is 0 Å². The molecule has 0 aromatic carbocycles. The number of aliphatic hydroxyl groups is 1. The molecule has 1 heterocycles. The molecule has 0 unspecified atom stereocenters. The van der Waals surface area contributed by atoms with Gasteiger partial charge in [-0.1, -0.05) is 13.8 Å². The van der Waals surface area contributed by atoms with Crippen LogP contribution in [0, 0.1) is 0 Å². The van der Waals surface area contributed by atoms with Crippen LogP contribution in [0.15, 0.2) is 0 Å². The summed E-state index contributed by atoms with van der Waals surface area (Å²) in [5.41, 5.74) is 7.34. The van der Waals surface area contributed by atoms with Crippen molar-refractivity contribution in [1.29, 1.82) is 0 Å². The molecule has 0 aliphatic rings. The van der Waals surface area contributed by atoms with Crippen LogP contribution < -0.4 is 5.73 Å². The van der Waals surface area contributed by atoms with Crippen LogP contribution in [0.1, 0.15) is 49.8 Å². The maximum Gasteiger partial charge on any atom is 0.276 e. The predicted octanol–water partition coefficient (Wildman–Crippen LogP) is 0.958. The molecule has 0 saturated heterocycles. The van der Waals surface area contributed by atoms with Crippen molar-refractivity contribution in [2.75, 3.05) is 18.9 Å². The minimum atomic E-state index is -0.250. The van der Waals surface area contributed by atoms with E-state index in [0.717, 1.165) is 5.69 Å². The summed E-state index contributed by atoms with van der Waals surface area (Å²) in [4.78, 5) is 13.8. The third kappa shape index (κ3) is 2.81. The molecule has 0 radical (unpaired) electrons. The van der Waals surface area contributed by atoms with Crippen LogP contribution in [0.2, 0.25) is 0 Å². The van der Waals surface area contributed by atoms with Crippen molar-refractivity contribution in [2.24, 2.45) is 0 Å². The Morgan fingerprint density at radius 3 is 2.44 bits per heavy atom. The first-order chi connectivity index (χ1) is 8.40. The Morgan fingerprint density at radius 2 is 2.06 bits per heavy atom. The number of amides is 1. The summed E-state index contributed by atoms with van der Waals surface area (Å²) in [6.45, 7) is 7.93. The van der Waals surface area contributed by atoms with Gasteiger partial charge in [-0.2, -0.15) is 5.10 Å². The second kappa shape index (κ2) is 5.86. The Labute approximate surface area is 107 Å². The Balaban J connectivity index is 3.02. The summed E-state index contributed by atoms with van der Waals surface area (Å²) in [6, 6.07) is -0.0109. The highest BCUT2D eigenvalue weighted by atomic mass is 16.3. The Morgan fingerprint density at radius 1 is 1.44 bits per heavy atom. The number of carbonyl (C=O) groups excluding carboxylic acids is 1. The molecule has 18 heavy (non-hydrogen) atoms. The van der Waals surface area contributed by atoms with Crippen molar-refractivity contribution in [3.05, 3.63) is 11.4 Å². The summed E-state index contributed by atoms with van der Waals surface area (Å²) in [5.74, 6) is -0.0657. The highest BCUT2D eigenvalue weighted by molar-refractivity contribution is 5.97. The zero-order valence-electron chi connectivity index (χ0n) is 11.4. The fourth-order valence-corrected chi connectivity index (χ4v) is 1.81. The van der Waals surface area contributed by atoms with Crippen LogP contribution in [-0.2, 0) is 0 Å². The zero-order chi connectivity index (χ0) is 13.9. The lowest BCUT2D eigenvalue weighted by Gasteiger charge is -2.25. The van der Waals surface area contributed by atoms with Gasteiger partial charge in [0.1, 0.15) is 0 Å². The van der Waals surface area contributed by atoms with Crippen LogP contribution in [0.3, 0.4) is 0 Å². The number of nitrogens with two attached hydrogens (primary N) is 1. The van der Waals surface area contributed by atoms with Gasteiger partial charge in [-0.3, -0.25) is 9.89 Å². The molecule has 1 amide bonds. The quantitative estimate of drug-likeness (QED) is 0.729. The number of hydrogen-bond acceptors (Lipinski definition) is 4. The molecular weight excluding hydrogens is 232 g/mol. The highest BCUT2D eigenvalue weighted by Crippen LogP contribution is 2.23. The second-order valence-electron chi connectivity index (χ2n) is 4.87. The number of hydrogen-bond donors (Lipinski definition) is 3. The maximum absolute atomic E-state index is 12.3. The number of aliphatic hydroxyl groups excluding tert-OH is 1. The van der Waals surface area contributed by atoms with E-state index in [1.807, 2.05) is 27.7 Å². The first-order valence-electron chi connectivity index (χ1n) is 6.15. The van der Waals surface area contributed by atoms with Gasteiger partial charge in [0.15, 0.2) is 5.69 Å². The lowest BCUT2D eigenvalue weighted by molar-refractivity contribution is 0.0660. The normalized spacial score (nSPS) is 11.3. The van der Waals surface area contributed by atoms with Crippen LogP contribution in [0.25, 0.3) is 0 Å². The molecule has 0 aliphatic heterocycles. The average Bonchev–Trinajstić information content (AvgIpc) is 2.66. The van der Waals surface area contributed by atoms with Crippen LogP contribution >= 0.6 is 0 Å². The number of nitrogens with zero attached hydrogens (tertiary/aromatic N) is 2. The van der Waals surface area contributed by atoms with Gasteiger partial charge >= 0.3 is 0 Å². The Bertz CT molecular complexity index is 412. The first-order valence-corrected chi connectivity index (χ1v) is 6.15. The summed E-state index contributed by atoms with van der Waals surface area (Å²) >= 11 is 0. The van der Waals surface area contributed by atoms with Crippen LogP contribution in [0.5, 0.6) is 0 Å². The van der Waals surface area contributed by atoms with Gasteiger partial charge in [0.2, 0.25) is 0 Å². The third-order valence-corrected chi connectivity index (χ3v) is 2.84. The molecule has 6 nitrogen and oxygen atoms in total. The number of aromatic amines is 1. The van der Waals surface area contributed by atoms with Crippen molar-refractivity contribution < 1.29 is 9.90 Å². The number of aromatic nitrogens is 2. The SMILES string of the molecule is CC(C)c1[nH]nc(C(=O)N(CCO)C(C)C)c1N. The molecular formula is C12H22N4O2. The lowest BCUT2D eigenvalue weighted by Crippen LogP contribution is -2.39. The fraction of sp³-hybridized carbons (Fsp3) is 0.667. The molecule has 0 saturated carbocycles. The number of nitrogens with one attached hydrogen (secondary N) is 1. The molecule has 0 bridgehead atoms. The summed E-state index contributed by atoms with van der Waals surface area (Å²) in [6.07, 6.45) is 0.